The molecule has 0 atom stereocenters. The number of likely N-dealkylation sites (N-methyl/N-ethyl adjacent to an activating group) is 1. The molecule has 0 radical (unpaired) electrons. The molecular formula is C16H19N3O. The first-order chi connectivity index (χ1) is 9.56. The monoisotopic (exact) mass is 269 g/mol. The summed E-state index contributed by atoms with van der Waals surface area (Å²) in [5, 5.41) is 8.91. The van der Waals surface area contributed by atoms with Crippen molar-refractivity contribution in [1.29, 1.82) is 5.26 Å². The van der Waals surface area contributed by atoms with E-state index in [2.05, 4.69) is 17.9 Å². The van der Waals surface area contributed by atoms with Gasteiger partial charge in [0.15, 0.2) is 0 Å². The summed E-state index contributed by atoms with van der Waals surface area (Å²) in [5.41, 5.74) is 1.54. The van der Waals surface area contributed by atoms with E-state index < -0.39 is 0 Å². The predicted molar refractivity (Wildman–Crippen MR) is 78.6 cm³/mol. The summed E-state index contributed by atoms with van der Waals surface area (Å²) in [4.78, 5) is 15.7. The van der Waals surface area contributed by atoms with Gasteiger partial charge in [0.2, 0.25) is 0 Å². The lowest BCUT2D eigenvalue weighted by Crippen LogP contribution is -2.35. The van der Waals surface area contributed by atoms with Crippen LogP contribution in [0.4, 0.5) is 0 Å². The van der Waals surface area contributed by atoms with Crippen LogP contribution in [0.2, 0.25) is 0 Å². The van der Waals surface area contributed by atoms with Crippen molar-refractivity contribution in [2.45, 2.75) is 13.5 Å². The van der Waals surface area contributed by atoms with Crippen molar-refractivity contribution < 1.29 is 4.79 Å². The third-order valence-electron chi connectivity index (χ3n) is 2.77. The number of carbonyl (C=O) groups excluding carboxylic acids is 1. The van der Waals surface area contributed by atoms with Crippen LogP contribution < -0.4 is 0 Å². The summed E-state index contributed by atoms with van der Waals surface area (Å²) < 4.78 is 0. The van der Waals surface area contributed by atoms with Gasteiger partial charge in [-0.1, -0.05) is 18.1 Å². The van der Waals surface area contributed by atoms with Crippen molar-refractivity contribution in [2.24, 2.45) is 0 Å². The molecule has 0 unspecified atom stereocenters. The topological polar surface area (TPSA) is 47.3 Å². The molecule has 0 fully saturated rings. The molecule has 0 aromatic heterocycles. The zero-order chi connectivity index (χ0) is 15.0. The van der Waals surface area contributed by atoms with Crippen molar-refractivity contribution in [2.75, 3.05) is 27.2 Å². The fourth-order valence-electron chi connectivity index (χ4n) is 1.72. The third-order valence-corrected chi connectivity index (χ3v) is 2.77. The van der Waals surface area contributed by atoms with Crippen molar-refractivity contribution in [3.05, 3.63) is 35.4 Å². The van der Waals surface area contributed by atoms with E-state index in [0.29, 0.717) is 18.7 Å². The fourth-order valence-corrected chi connectivity index (χ4v) is 1.72. The molecule has 4 nitrogen and oxygen atoms in total. The van der Waals surface area contributed by atoms with E-state index in [1.807, 2.05) is 31.1 Å². The van der Waals surface area contributed by atoms with E-state index in [0.717, 1.165) is 12.1 Å². The average molecular weight is 269 g/mol. The lowest BCUT2D eigenvalue weighted by molar-refractivity contribution is -0.125. The number of nitriles is 1. The smallest absolute Gasteiger partial charge is 0.298 e. The molecule has 0 heterocycles. The molecule has 0 N–H and O–H groups in total. The number of benzene rings is 1. The third kappa shape index (κ3) is 5.14. The van der Waals surface area contributed by atoms with Gasteiger partial charge in [0.05, 0.1) is 11.6 Å². The highest BCUT2D eigenvalue weighted by Gasteiger charge is 2.12. The second kappa shape index (κ2) is 7.99. The molecule has 1 aromatic carbocycles. The number of carbonyl (C=O) groups is 1. The first-order valence-corrected chi connectivity index (χ1v) is 6.42. The molecule has 1 rings (SSSR count). The summed E-state index contributed by atoms with van der Waals surface area (Å²) in [6.45, 7) is 3.50. The van der Waals surface area contributed by atoms with Gasteiger partial charge in [-0.25, -0.2) is 0 Å². The summed E-state index contributed by atoms with van der Waals surface area (Å²) in [6, 6.07) is 9.40. The Labute approximate surface area is 120 Å². The molecule has 104 valence electrons. The quantitative estimate of drug-likeness (QED) is 0.761. The molecule has 20 heavy (non-hydrogen) atoms. The maximum atomic E-state index is 12.0. The van der Waals surface area contributed by atoms with E-state index in [-0.39, 0.29) is 5.91 Å². The molecule has 0 spiro atoms. The Morgan fingerprint density at radius 2 is 2.05 bits per heavy atom. The second-order valence-electron chi connectivity index (χ2n) is 4.72. The highest BCUT2D eigenvalue weighted by molar-refractivity contribution is 5.93. The Kier molecular flexibility index (Phi) is 6.29. The van der Waals surface area contributed by atoms with Gasteiger partial charge in [0.25, 0.3) is 5.91 Å². The molecule has 1 aromatic rings. The fraction of sp³-hybridized carbons (Fsp3) is 0.375. The minimum Gasteiger partial charge on any atom is -0.326 e. The molecule has 0 aliphatic carbocycles. The zero-order valence-corrected chi connectivity index (χ0v) is 12.2. The van der Waals surface area contributed by atoms with Crippen molar-refractivity contribution >= 4 is 5.91 Å². The zero-order valence-electron chi connectivity index (χ0n) is 12.2. The molecule has 0 aliphatic heterocycles. The maximum absolute atomic E-state index is 12.0. The van der Waals surface area contributed by atoms with Crippen molar-refractivity contribution in [1.82, 2.24) is 9.80 Å². The summed E-state index contributed by atoms with van der Waals surface area (Å²) in [7, 11) is 3.93. The second-order valence-corrected chi connectivity index (χ2v) is 4.72. The minimum absolute atomic E-state index is 0.184. The highest BCUT2D eigenvalue weighted by atomic mass is 16.2. The molecule has 0 saturated carbocycles. The van der Waals surface area contributed by atoms with Crippen LogP contribution in [0, 0.1) is 23.2 Å². The van der Waals surface area contributed by atoms with E-state index in [4.69, 9.17) is 5.26 Å². The number of hydrogen-bond donors (Lipinski definition) is 0. The lowest BCUT2D eigenvalue weighted by atomic mass is 10.1. The average Bonchev–Trinajstić information content (AvgIpc) is 2.43. The predicted octanol–water partition coefficient (Wildman–Crippen LogP) is 1.47. The first kappa shape index (κ1) is 15.8. The standard InChI is InChI=1S/C16H19N3O/c1-4-6-16(20)19(10-9-18(2)3)13-15-8-5-7-14(11-15)12-17/h5,7-8,11H,9-10,13H2,1-3H3. The van der Waals surface area contributed by atoms with E-state index in [1.54, 1.807) is 24.0 Å². The van der Waals surface area contributed by atoms with Crippen LogP contribution in [0.5, 0.6) is 0 Å². The number of rotatable bonds is 5. The number of amides is 1. The Morgan fingerprint density at radius 1 is 1.30 bits per heavy atom. The first-order valence-electron chi connectivity index (χ1n) is 6.42. The normalized spacial score (nSPS) is 9.55. The van der Waals surface area contributed by atoms with Gasteiger partial charge in [0, 0.05) is 19.6 Å². The lowest BCUT2D eigenvalue weighted by Gasteiger charge is -2.22. The molecule has 0 bridgehead atoms. The van der Waals surface area contributed by atoms with E-state index in [9.17, 15) is 4.79 Å². The SMILES string of the molecule is CC#CC(=O)N(CCN(C)C)Cc1cccc(C#N)c1. The molecule has 0 saturated heterocycles. The largest absolute Gasteiger partial charge is 0.326 e. The number of hydrogen-bond acceptors (Lipinski definition) is 3. The van der Waals surface area contributed by atoms with Gasteiger partial charge in [-0.15, -0.1) is 0 Å². The van der Waals surface area contributed by atoms with Gasteiger partial charge in [0.1, 0.15) is 0 Å². The van der Waals surface area contributed by atoms with Crippen molar-refractivity contribution in [3.63, 3.8) is 0 Å². The van der Waals surface area contributed by atoms with Crippen LogP contribution in [-0.4, -0.2) is 42.9 Å². The summed E-state index contributed by atoms with van der Waals surface area (Å²) in [6.07, 6.45) is 0. The molecule has 1 amide bonds. The summed E-state index contributed by atoms with van der Waals surface area (Å²) >= 11 is 0. The van der Waals surface area contributed by atoms with Gasteiger partial charge in [-0.2, -0.15) is 5.26 Å². The Balaban J connectivity index is 2.84. The molecule has 4 heteroatoms. The van der Waals surface area contributed by atoms with Gasteiger partial charge < -0.3 is 9.80 Å². The van der Waals surface area contributed by atoms with E-state index >= 15 is 0 Å². The van der Waals surface area contributed by atoms with E-state index in [1.165, 1.54) is 0 Å². The highest BCUT2D eigenvalue weighted by Crippen LogP contribution is 2.08. The van der Waals surface area contributed by atoms with Crippen LogP contribution in [-0.2, 0) is 11.3 Å². The Morgan fingerprint density at radius 3 is 2.65 bits per heavy atom. The van der Waals surface area contributed by atoms with Gasteiger partial charge in [-0.05, 0) is 44.6 Å². The summed E-state index contributed by atoms with van der Waals surface area (Å²) in [5.74, 6) is 5.02. The number of nitrogens with zero attached hydrogens (tertiary/aromatic N) is 3. The van der Waals surface area contributed by atoms with Crippen LogP contribution in [0.25, 0.3) is 0 Å². The van der Waals surface area contributed by atoms with Crippen LogP contribution in [0.1, 0.15) is 18.1 Å². The van der Waals surface area contributed by atoms with Crippen LogP contribution in [0.3, 0.4) is 0 Å². The Hall–Kier alpha value is -2.30. The van der Waals surface area contributed by atoms with Crippen molar-refractivity contribution in [3.8, 4) is 17.9 Å². The maximum Gasteiger partial charge on any atom is 0.298 e. The van der Waals surface area contributed by atoms with Gasteiger partial charge in [-0.3, -0.25) is 4.79 Å². The van der Waals surface area contributed by atoms with Gasteiger partial charge >= 0.3 is 0 Å². The minimum atomic E-state index is -0.184. The van der Waals surface area contributed by atoms with Crippen LogP contribution in [0.15, 0.2) is 24.3 Å². The molecular weight excluding hydrogens is 250 g/mol. The Bertz CT molecular complexity index is 561. The van der Waals surface area contributed by atoms with Crippen LogP contribution >= 0.6 is 0 Å². The molecule has 0 aliphatic rings.